The van der Waals surface area contributed by atoms with Crippen molar-refractivity contribution in [3.63, 3.8) is 0 Å². The second-order valence-electron chi connectivity index (χ2n) is 2.99. The minimum absolute atomic E-state index is 0.115. The number of hydrogen-bond acceptors (Lipinski definition) is 2. The molecule has 0 saturated heterocycles. The Labute approximate surface area is 64.5 Å². The van der Waals surface area contributed by atoms with Crippen LogP contribution in [0.25, 0.3) is 0 Å². The van der Waals surface area contributed by atoms with Crippen LogP contribution < -0.4 is 0 Å². The topological polar surface area (TPSA) is 26.3 Å². The third kappa shape index (κ3) is 5.38. The summed E-state index contributed by atoms with van der Waals surface area (Å²) in [7, 11) is 0.422. The Morgan fingerprint density at radius 3 is 2.30 bits per heavy atom. The van der Waals surface area contributed by atoms with E-state index in [1.165, 1.54) is 0 Å². The predicted molar refractivity (Wildman–Crippen MR) is 43.3 cm³/mol. The van der Waals surface area contributed by atoms with Crippen molar-refractivity contribution in [2.75, 3.05) is 0 Å². The van der Waals surface area contributed by atoms with E-state index in [4.69, 9.17) is 0 Å². The Bertz CT molecular complexity index is 180. The molecule has 0 fully saturated rings. The standard InChI is InChI=1S/C7H12O2Si/c1-7(2,3)5-4-6(8)9-10/h1-3,10H3. The third-order valence-electron chi connectivity index (χ3n) is 0.725. The summed E-state index contributed by atoms with van der Waals surface area (Å²) in [5.41, 5.74) is -0.115. The zero-order chi connectivity index (χ0) is 8.20. The van der Waals surface area contributed by atoms with Gasteiger partial charge in [-0.15, -0.1) is 0 Å². The van der Waals surface area contributed by atoms with Gasteiger partial charge in [0.05, 0.1) is 0 Å². The first-order chi connectivity index (χ1) is 4.45. The Hall–Kier alpha value is -0.753. The maximum atomic E-state index is 10.5. The maximum absolute atomic E-state index is 10.5. The molecule has 0 aliphatic carbocycles. The minimum atomic E-state index is -0.415. The first kappa shape index (κ1) is 9.25. The van der Waals surface area contributed by atoms with Crippen LogP contribution in [0.15, 0.2) is 0 Å². The normalized spacial score (nSPS) is 9.90. The van der Waals surface area contributed by atoms with Gasteiger partial charge in [-0.3, -0.25) is 0 Å². The molecule has 3 heteroatoms. The Kier molecular flexibility index (Phi) is 3.17. The van der Waals surface area contributed by atoms with Gasteiger partial charge in [-0.1, -0.05) is 5.92 Å². The molecule has 0 N–H and O–H groups in total. The van der Waals surface area contributed by atoms with Crippen molar-refractivity contribution in [1.29, 1.82) is 0 Å². The molecule has 0 saturated carbocycles. The van der Waals surface area contributed by atoms with Crippen LogP contribution in [0, 0.1) is 17.3 Å². The highest BCUT2D eigenvalue weighted by Crippen LogP contribution is 2.09. The summed E-state index contributed by atoms with van der Waals surface area (Å²) in [6.07, 6.45) is 0. The molecule has 10 heavy (non-hydrogen) atoms. The van der Waals surface area contributed by atoms with E-state index < -0.39 is 5.97 Å². The van der Waals surface area contributed by atoms with E-state index in [2.05, 4.69) is 16.3 Å². The van der Waals surface area contributed by atoms with Gasteiger partial charge in [0, 0.05) is 11.3 Å². The molecule has 0 amide bonds. The van der Waals surface area contributed by atoms with Crippen molar-refractivity contribution in [2.45, 2.75) is 20.8 Å². The summed E-state index contributed by atoms with van der Waals surface area (Å²) in [6.45, 7) is 5.83. The van der Waals surface area contributed by atoms with Crippen LogP contribution in [0.2, 0.25) is 0 Å². The van der Waals surface area contributed by atoms with Crippen molar-refractivity contribution in [2.24, 2.45) is 5.41 Å². The van der Waals surface area contributed by atoms with Gasteiger partial charge in [0.15, 0.2) is 0 Å². The van der Waals surface area contributed by atoms with E-state index in [9.17, 15) is 4.79 Å². The summed E-state index contributed by atoms with van der Waals surface area (Å²) in [4.78, 5) is 10.5. The first-order valence-corrected chi connectivity index (χ1v) is 3.88. The van der Waals surface area contributed by atoms with Gasteiger partial charge in [0.1, 0.15) is 0 Å². The molecule has 56 valence electrons. The highest BCUT2D eigenvalue weighted by Gasteiger charge is 2.04. The summed E-state index contributed by atoms with van der Waals surface area (Å²) in [5.74, 6) is 4.75. The lowest BCUT2D eigenvalue weighted by molar-refractivity contribution is -0.127. The van der Waals surface area contributed by atoms with Crippen molar-refractivity contribution in [3.05, 3.63) is 0 Å². The largest absolute Gasteiger partial charge is 0.519 e. The second-order valence-corrected chi connectivity index (χ2v) is 3.40. The van der Waals surface area contributed by atoms with Crippen molar-refractivity contribution < 1.29 is 9.22 Å². The molecule has 0 unspecified atom stereocenters. The van der Waals surface area contributed by atoms with Crippen LogP contribution in [0.5, 0.6) is 0 Å². The van der Waals surface area contributed by atoms with Gasteiger partial charge in [-0.25, -0.2) is 4.79 Å². The molecule has 0 spiro atoms. The van der Waals surface area contributed by atoms with Crippen LogP contribution in [0.3, 0.4) is 0 Å². The fourth-order valence-corrected chi connectivity index (χ4v) is 0.392. The SMILES string of the molecule is CC(C)(C)C#CC(=O)O[SiH3]. The van der Waals surface area contributed by atoms with Crippen LogP contribution >= 0.6 is 0 Å². The second kappa shape index (κ2) is 3.42. The van der Waals surface area contributed by atoms with E-state index >= 15 is 0 Å². The molecule has 0 aliphatic rings. The highest BCUT2D eigenvalue weighted by atomic mass is 28.2. The van der Waals surface area contributed by atoms with Crippen LogP contribution in [-0.4, -0.2) is 16.5 Å². The van der Waals surface area contributed by atoms with E-state index in [0.29, 0.717) is 10.5 Å². The Morgan fingerprint density at radius 2 is 2.00 bits per heavy atom. The summed E-state index contributed by atoms with van der Waals surface area (Å²) in [5, 5.41) is 0. The van der Waals surface area contributed by atoms with Crippen LogP contribution in [0.1, 0.15) is 20.8 Å². The van der Waals surface area contributed by atoms with Crippen LogP contribution in [-0.2, 0) is 9.22 Å². The maximum Gasteiger partial charge on any atom is 0.370 e. The molecular weight excluding hydrogens is 144 g/mol. The third-order valence-corrected chi connectivity index (χ3v) is 1.10. The molecule has 0 bridgehead atoms. The zero-order valence-electron chi connectivity index (χ0n) is 6.82. The molecule has 0 aromatic rings. The predicted octanol–water partition coefficient (Wildman–Crippen LogP) is -0.141. The quantitative estimate of drug-likeness (QED) is 0.360. The number of hydrogen-bond donors (Lipinski definition) is 0. The van der Waals surface area contributed by atoms with Gasteiger partial charge >= 0.3 is 5.97 Å². The summed E-state index contributed by atoms with van der Waals surface area (Å²) in [6, 6.07) is 0. The molecule has 0 aromatic carbocycles. The van der Waals surface area contributed by atoms with E-state index in [1.807, 2.05) is 20.8 Å². The minimum Gasteiger partial charge on any atom is -0.519 e. The fourth-order valence-electron chi connectivity index (χ4n) is 0.290. The van der Waals surface area contributed by atoms with Crippen molar-refractivity contribution >= 4 is 16.5 Å². The first-order valence-electron chi connectivity index (χ1n) is 3.07. The number of carbonyl (C=O) groups is 1. The molecule has 0 rings (SSSR count). The molecule has 0 radical (unpaired) electrons. The average molecular weight is 156 g/mol. The fraction of sp³-hybridized carbons (Fsp3) is 0.571. The van der Waals surface area contributed by atoms with Gasteiger partial charge < -0.3 is 4.43 Å². The lowest BCUT2D eigenvalue weighted by Crippen LogP contribution is -2.03. The molecule has 0 atom stereocenters. The van der Waals surface area contributed by atoms with Gasteiger partial charge in [-0.2, -0.15) is 0 Å². The molecular formula is C7H12O2Si. The molecule has 0 aromatic heterocycles. The number of carbonyl (C=O) groups excluding carboxylic acids is 1. The zero-order valence-corrected chi connectivity index (χ0v) is 8.82. The smallest absolute Gasteiger partial charge is 0.370 e. The lowest BCUT2D eigenvalue weighted by Gasteiger charge is -2.06. The molecule has 0 heterocycles. The van der Waals surface area contributed by atoms with Crippen molar-refractivity contribution in [3.8, 4) is 11.8 Å². The molecule has 2 nitrogen and oxygen atoms in total. The van der Waals surface area contributed by atoms with Crippen molar-refractivity contribution in [1.82, 2.24) is 0 Å². The number of rotatable bonds is 0. The van der Waals surface area contributed by atoms with E-state index in [1.54, 1.807) is 0 Å². The van der Waals surface area contributed by atoms with E-state index in [-0.39, 0.29) is 5.41 Å². The van der Waals surface area contributed by atoms with Gasteiger partial charge in [-0.05, 0) is 20.8 Å². The van der Waals surface area contributed by atoms with Crippen LogP contribution in [0.4, 0.5) is 0 Å². The average Bonchev–Trinajstić information content (AvgIpc) is 1.81. The molecule has 0 aliphatic heterocycles. The van der Waals surface area contributed by atoms with E-state index in [0.717, 1.165) is 0 Å². The summed E-state index contributed by atoms with van der Waals surface area (Å²) >= 11 is 0. The summed E-state index contributed by atoms with van der Waals surface area (Å²) < 4.78 is 4.47. The monoisotopic (exact) mass is 156 g/mol. The van der Waals surface area contributed by atoms with Gasteiger partial charge in [0.2, 0.25) is 10.5 Å². The van der Waals surface area contributed by atoms with Gasteiger partial charge in [0.25, 0.3) is 0 Å². The lowest BCUT2D eigenvalue weighted by atomic mass is 9.98. The highest BCUT2D eigenvalue weighted by molar-refractivity contribution is 6.09. The Morgan fingerprint density at radius 1 is 1.50 bits per heavy atom. The Balaban J connectivity index is 4.05.